The maximum Gasteiger partial charge on any atom is 0.335 e. The summed E-state index contributed by atoms with van der Waals surface area (Å²) < 4.78 is 29.1. The number of hydrogen-bond acceptors (Lipinski definition) is 5. The number of aromatic carboxylic acids is 1. The molecule has 7 nitrogen and oxygen atoms in total. The first-order chi connectivity index (χ1) is 15.7. The summed E-state index contributed by atoms with van der Waals surface area (Å²) in [5.41, 5.74) is 2.71. The summed E-state index contributed by atoms with van der Waals surface area (Å²) in [5, 5.41) is 9.48. The second-order valence-electron chi connectivity index (χ2n) is 9.23. The van der Waals surface area contributed by atoms with Gasteiger partial charge in [-0.3, -0.25) is 9.62 Å². The van der Waals surface area contributed by atoms with Crippen LogP contribution in [0, 0.1) is 13.8 Å². The van der Waals surface area contributed by atoms with Gasteiger partial charge in [0, 0.05) is 32.2 Å². The van der Waals surface area contributed by atoms with Crippen molar-refractivity contribution in [3.05, 3.63) is 53.1 Å². The lowest BCUT2D eigenvalue weighted by atomic mass is 9.94. The summed E-state index contributed by atoms with van der Waals surface area (Å²) in [6.45, 7) is 7.09. The van der Waals surface area contributed by atoms with E-state index in [1.165, 1.54) is 38.2 Å². The minimum atomic E-state index is -3.87. The predicted molar refractivity (Wildman–Crippen MR) is 131 cm³/mol. The Morgan fingerprint density at radius 1 is 0.970 bits per heavy atom. The second kappa shape index (κ2) is 9.73. The number of hydrogen-bond donors (Lipinski definition) is 2. The Kier molecular flexibility index (Phi) is 6.95. The molecule has 4 rings (SSSR count). The van der Waals surface area contributed by atoms with E-state index in [1.807, 2.05) is 13.0 Å². The quantitative estimate of drug-likeness (QED) is 0.654. The number of nitrogens with zero attached hydrogens (tertiary/aromatic N) is 2. The van der Waals surface area contributed by atoms with Gasteiger partial charge in [-0.2, -0.15) is 0 Å². The normalized spacial score (nSPS) is 18.3. The van der Waals surface area contributed by atoms with Crippen LogP contribution in [0.25, 0.3) is 0 Å². The predicted octanol–water partition coefficient (Wildman–Crippen LogP) is 4.26. The van der Waals surface area contributed by atoms with Crippen molar-refractivity contribution in [2.75, 3.05) is 35.8 Å². The topological polar surface area (TPSA) is 89.9 Å². The van der Waals surface area contributed by atoms with Crippen LogP contribution in [0.15, 0.2) is 41.3 Å². The lowest BCUT2D eigenvalue weighted by molar-refractivity contribution is 0.0697. The summed E-state index contributed by atoms with van der Waals surface area (Å²) in [6.07, 6.45) is 6.44. The van der Waals surface area contributed by atoms with Crippen molar-refractivity contribution < 1.29 is 18.3 Å². The molecule has 8 heteroatoms. The third kappa shape index (κ3) is 5.33. The molecule has 2 aromatic rings. The Balaban J connectivity index is 1.58. The largest absolute Gasteiger partial charge is 0.478 e. The van der Waals surface area contributed by atoms with Crippen LogP contribution < -0.4 is 9.62 Å². The number of carboxylic acid groups (broad SMARTS) is 1. The van der Waals surface area contributed by atoms with Gasteiger partial charge in [-0.05, 0) is 56.5 Å². The molecule has 0 atom stereocenters. The zero-order valence-electron chi connectivity index (χ0n) is 19.4. The number of anilines is 2. The van der Waals surface area contributed by atoms with Crippen LogP contribution in [-0.4, -0.2) is 56.6 Å². The van der Waals surface area contributed by atoms with E-state index in [2.05, 4.69) is 14.5 Å². The smallest absolute Gasteiger partial charge is 0.335 e. The Morgan fingerprint density at radius 2 is 1.67 bits per heavy atom. The van der Waals surface area contributed by atoms with Gasteiger partial charge in [0.1, 0.15) is 0 Å². The maximum atomic E-state index is 13.2. The molecule has 0 unspecified atom stereocenters. The van der Waals surface area contributed by atoms with Gasteiger partial charge >= 0.3 is 5.97 Å². The summed E-state index contributed by atoms with van der Waals surface area (Å²) >= 11 is 0. The monoisotopic (exact) mass is 471 g/mol. The molecule has 0 amide bonds. The molecule has 2 N–H and O–H groups in total. The fourth-order valence-electron chi connectivity index (χ4n) is 5.10. The molecular weight excluding hydrogens is 438 g/mol. The average Bonchev–Trinajstić information content (AvgIpc) is 2.79. The Morgan fingerprint density at radius 3 is 2.30 bits per heavy atom. The van der Waals surface area contributed by atoms with Gasteiger partial charge < -0.3 is 10.0 Å². The maximum absolute atomic E-state index is 13.2. The van der Waals surface area contributed by atoms with Crippen molar-refractivity contribution in [1.29, 1.82) is 0 Å². The van der Waals surface area contributed by atoms with Crippen LogP contribution in [0.5, 0.6) is 0 Å². The van der Waals surface area contributed by atoms with Crippen LogP contribution in [0.1, 0.15) is 53.6 Å². The molecule has 1 saturated heterocycles. The highest BCUT2D eigenvalue weighted by Crippen LogP contribution is 2.32. The fourth-order valence-corrected chi connectivity index (χ4v) is 6.39. The molecule has 1 aliphatic heterocycles. The second-order valence-corrected chi connectivity index (χ2v) is 10.9. The highest BCUT2D eigenvalue weighted by molar-refractivity contribution is 7.92. The van der Waals surface area contributed by atoms with Crippen molar-refractivity contribution in [3.63, 3.8) is 0 Å². The van der Waals surface area contributed by atoms with Crippen LogP contribution in [0.3, 0.4) is 0 Å². The van der Waals surface area contributed by atoms with Crippen molar-refractivity contribution in [2.45, 2.75) is 56.9 Å². The summed E-state index contributed by atoms with van der Waals surface area (Å²) in [7, 11) is -3.87. The number of sulfonamides is 1. The van der Waals surface area contributed by atoms with E-state index < -0.39 is 16.0 Å². The zero-order valence-corrected chi connectivity index (χ0v) is 20.2. The molecular formula is C25H33N3O4S. The van der Waals surface area contributed by atoms with Crippen molar-refractivity contribution in [2.24, 2.45) is 0 Å². The van der Waals surface area contributed by atoms with Gasteiger partial charge in [-0.1, -0.05) is 37.0 Å². The molecule has 0 bridgehead atoms. The minimum absolute atomic E-state index is 0.0536. The molecule has 2 aliphatic rings. The van der Waals surface area contributed by atoms with E-state index in [4.69, 9.17) is 0 Å². The molecule has 1 aliphatic carbocycles. The molecule has 1 saturated carbocycles. The standard InChI is InChI=1S/C25H33N3O4S/c1-18-8-11-24(19(2)16-18)33(31,32)26-22-17-20(25(29)30)9-10-23(22)28-14-12-27(13-15-28)21-6-4-3-5-7-21/h8-11,16-17,21,26H,3-7,12-15H2,1-2H3,(H,29,30). The van der Waals surface area contributed by atoms with Gasteiger partial charge in [0.15, 0.2) is 0 Å². The van der Waals surface area contributed by atoms with Gasteiger partial charge in [0.05, 0.1) is 21.8 Å². The fraction of sp³-hybridized carbons (Fsp3) is 0.480. The van der Waals surface area contributed by atoms with Crippen molar-refractivity contribution in [3.8, 4) is 0 Å². The highest BCUT2D eigenvalue weighted by atomic mass is 32.2. The Bertz CT molecular complexity index is 1120. The van der Waals surface area contributed by atoms with E-state index in [1.54, 1.807) is 31.2 Å². The SMILES string of the molecule is Cc1ccc(S(=O)(=O)Nc2cc(C(=O)O)ccc2N2CCN(C3CCCCC3)CC2)c(C)c1. The minimum Gasteiger partial charge on any atom is -0.478 e. The van der Waals surface area contributed by atoms with Gasteiger partial charge in [-0.15, -0.1) is 0 Å². The number of aryl methyl sites for hydroxylation is 2. The third-order valence-electron chi connectivity index (χ3n) is 6.85. The highest BCUT2D eigenvalue weighted by Gasteiger charge is 2.27. The van der Waals surface area contributed by atoms with Crippen LogP contribution in [-0.2, 0) is 10.0 Å². The number of benzene rings is 2. The molecule has 1 heterocycles. The Labute approximate surface area is 196 Å². The van der Waals surface area contributed by atoms with Gasteiger partial charge in [0.2, 0.25) is 0 Å². The van der Waals surface area contributed by atoms with Crippen molar-refractivity contribution >= 4 is 27.4 Å². The average molecular weight is 472 g/mol. The van der Waals surface area contributed by atoms with Gasteiger partial charge in [-0.25, -0.2) is 13.2 Å². The van der Waals surface area contributed by atoms with Gasteiger partial charge in [0.25, 0.3) is 10.0 Å². The van der Waals surface area contributed by atoms with E-state index >= 15 is 0 Å². The zero-order chi connectivity index (χ0) is 23.6. The first kappa shape index (κ1) is 23.6. The van der Waals surface area contributed by atoms with E-state index in [0.29, 0.717) is 17.3 Å². The van der Waals surface area contributed by atoms with E-state index in [-0.39, 0.29) is 10.5 Å². The Hall–Kier alpha value is -2.58. The van der Waals surface area contributed by atoms with Crippen LogP contribution in [0.2, 0.25) is 0 Å². The molecule has 33 heavy (non-hydrogen) atoms. The molecule has 178 valence electrons. The summed E-state index contributed by atoms with van der Waals surface area (Å²) in [6, 6.07) is 10.5. The van der Waals surface area contributed by atoms with Crippen LogP contribution >= 0.6 is 0 Å². The number of carboxylic acids is 1. The number of piperazine rings is 1. The first-order valence-electron chi connectivity index (χ1n) is 11.7. The van der Waals surface area contributed by atoms with Crippen molar-refractivity contribution in [1.82, 2.24) is 4.90 Å². The number of carbonyl (C=O) groups is 1. The lowest BCUT2D eigenvalue weighted by Crippen LogP contribution is -2.51. The molecule has 0 spiro atoms. The third-order valence-corrected chi connectivity index (χ3v) is 8.38. The summed E-state index contributed by atoms with van der Waals surface area (Å²) in [4.78, 5) is 16.5. The van der Waals surface area contributed by atoms with Crippen LogP contribution in [0.4, 0.5) is 11.4 Å². The first-order valence-corrected chi connectivity index (χ1v) is 13.2. The summed E-state index contributed by atoms with van der Waals surface area (Å²) in [5.74, 6) is -1.09. The molecule has 2 fully saturated rings. The number of rotatable bonds is 6. The molecule has 0 radical (unpaired) electrons. The van der Waals surface area contributed by atoms with E-state index in [0.717, 1.165) is 37.4 Å². The van der Waals surface area contributed by atoms with E-state index in [9.17, 15) is 18.3 Å². The number of nitrogens with one attached hydrogen (secondary N) is 1. The molecule has 0 aromatic heterocycles. The molecule has 2 aromatic carbocycles. The lowest BCUT2D eigenvalue weighted by Gasteiger charge is -2.42.